The lowest BCUT2D eigenvalue weighted by Crippen LogP contribution is -2.48. The molecule has 2 aromatic carbocycles. The smallest absolute Gasteiger partial charge is 0.326 e. The first-order valence-electron chi connectivity index (χ1n) is 8.27. The lowest BCUT2D eigenvalue weighted by atomic mass is 10.0. The molecule has 3 N–H and O–H groups in total. The number of carbonyl (C=O) groups is 2. The molecule has 0 saturated carbocycles. The van der Waals surface area contributed by atoms with Crippen LogP contribution >= 0.6 is 0 Å². The van der Waals surface area contributed by atoms with E-state index < -0.39 is 29.7 Å². The van der Waals surface area contributed by atoms with Crippen molar-refractivity contribution in [2.24, 2.45) is 5.92 Å². The van der Waals surface area contributed by atoms with Crippen LogP contribution in [0.1, 0.15) is 19.4 Å². The number of amides is 3. The molecule has 1 atom stereocenters. The van der Waals surface area contributed by atoms with Crippen molar-refractivity contribution >= 4 is 23.3 Å². The number of nitrogens with one attached hydrogen (secondary N) is 3. The Morgan fingerprint density at radius 2 is 1.52 bits per heavy atom. The number of urea groups is 1. The third-order valence-electron chi connectivity index (χ3n) is 3.72. The van der Waals surface area contributed by atoms with Crippen molar-refractivity contribution in [3.8, 4) is 0 Å². The Balaban J connectivity index is 2.05. The number of anilines is 2. The van der Waals surface area contributed by atoms with Crippen LogP contribution in [0.5, 0.6) is 0 Å². The summed E-state index contributed by atoms with van der Waals surface area (Å²) in [6.07, 6.45) is -4.51. The molecule has 1 unspecified atom stereocenters. The normalized spacial score (nSPS) is 12.4. The van der Waals surface area contributed by atoms with E-state index in [9.17, 15) is 22.8 Å². The van der Waals surface area contributed by atoms with Gasteiger partial charge in [-0.1, -0.05) is 38.1 Å². The highest BCUT2D eigenvalue weighted by atomic mass is 19.4. The van der Waals surface area contributed by atoms with Gasteiger partial charge in [0.05, 0.1) is 5.56 Å². The monoisotopic (exact) mass is 379 g/mol. The molecule has 144 valence electrons. The molecular weight excluding hydrogens is 359 g/mol. The van der Waals surface area contributed by atoms with E-state index in [1.54, 1.807) is 44.2 Å². The maximum Gasteiger partial charge on any atom is 0.416 e. The van der Waals surface area contributed by atoms with E-state index in [-0.39, 0.29) is 11.6 Å². The number of para-hydroxylation sites is 1. The first-order chi connectivity index (χ1) is 12.7. The zero-order valence-electron chi connectivity index (χ0n) is 14.8. The molecule has 0 spiro atoms. The van der Waals surface area contributed by atoms with Gasteiger partial charge in [-0.2, -0.15) is 13.2 Å². The number of hydrogen-bond donors (Lipinski definition) is 3. The van der Waals surface area contributed by atoms with Gasteiger partial charge in [-0.05, 0) is 36.2 Å². The zero-order chi connectivity index (χ0) is 20.0. The molecule has 0 bridgehead atoms. The number of hydrogen-bond acceptors (Lipinski definition) is 2. The molecule has 2 rings (SSSR count). The van der Waals surface area contributed by atoms with Crippen molar-refractivity contribution in [2.75, 3.05) is 10.6 Å². The summed E-state index contributed by atoms with van der Waals surface area (Å²) in [5.41, 5.74) is -0.308. The molecule has 0 aliphatic rings. The highest BCUT2D eigenvalue weighted by molar-refractivity contribution is 5.99. The van der Waals surface area contributed by atoms with Gasteiger partial charge in [0.25, 0.3) is 0 Å². The standard InChI is InChI=1S/C19H20F3N3O2/c1-12(2)16(25-18(27)24-14-8-4-3-5-9-14)17(26)23-15-10-6-7-13(11-15)19(20,21)22/h3-12,16H,1-2H3,(H,23,26)(H2,24,25,27). The number of carbonyl (C=O) groups excluding carboxylic acids is 2. The minimum Gasteiger partial charge on any atom is -0.326 e. The molecule has 0 heterocycles. The highest BCUT2D eigenvalue weighted by Gasteiger charge is 2.31. The van der Waals surface area contributed by atoms with Gasteiger partial charge in [-0.3, -0.25) is 4.79 Å². The summed E-state index contributed by atoms with van der Waals surface area (Å²) in [6, 6.07) is 11.5. The van der Waals surface area contributed by atoms with Crippen molar-refractivity contribution in [2.45, 2.75) is 26.1 Å². The Morgan fingerprint density at radius 3 is 2.11 bits per heavy atom. The average molecular weight is 379 g/mol. The summed E-state index contributed by atoms with van der Waals surface area (Å²) >= 11 is 0. The maximum atomic E-state index is 12.8. The third-order valence-corrected chi connectivity index (χ3v) is 3.72. The first-order valence-corrected chi connectivity index (χ1v) is 8.27. The van der Waals surface area contributed by atoms with Crippen LogP contribution in [0.25, 0.3) is 0 Å². The fraction of sp³-hybridized carbons (Fsp3) is 0.263. The van der Waals surface area contributed by atoms with E-state index in [2.05, 4.69) is 16.0 Å². The molecule has 0 aliphatic heterocycles. The van der Waals surface area contributed by atoms with Gasteiger partial charge in [0, 0.05) is 11.4 Å². The second-order valence-electron chi connectivity index (χ2n) is 6.25. The first kappa shape index (κ1) is 20.3. The van der Waals surface area contributed by atoms with Crippen molar-refractivity contribution in [1.82, 2.24) is 5.32 Å². The molecule has 5 nitrogen and oxygen atoms in total. The third kappa shape index (κ3) is 6.02. The highest BCUT2D eigenvalue weighted by Crippen LogP contribution is 2.30. The van der Waals surface area contributed by atoms with E-state index >= 15 is 0 Å². The van der Waals surface area contributed by atoms with Crippen LogP contribution in [0.3, 0.4) is 0 Å². The Hall–Kier alpha value is -3.03. The van der Waals surface area contributed by atoms with Crippen LogP contribution in [0.15, 0.2) is 54.6 Å². The molecule has 0 radical (unpaired) electrons. The molecule has 0 aromatic heterocycles. The van der Waals surface area contributed by atoms with Crippen LogP contribution in [0.2, 0.25) is 0 Å². The summed E-state index contributed by atoms with van der Waals surface area (Å²) in [4.78, 5) is 24.6. The summed E-state index contributed by atoms with van der Waals surface area (Å²) in [7, 11) is 0. The molecular formula is C19H20F3N3O2. The summed E-state index contributed by atoms with van der Waals surface area (Å²) in [6.45, 7) is 3.44. The molecule has 0 saturated heterocycles. The molecule has 3 amide bonds. The number of halogens is 3. The summed E-state index contributed by atoms with van der Waals surface area (Å²) < 4.78 is 38.4. The second-order valence-corrected chi connectivity index (χ2v) is 6.25. The van der Waals surface area contributed by atoms with Crippen molar-refractivity contribution < 1.29 is 22.8 Å². The molecule has 0 aliphatic carbocycles. The molecule has 27 heavy (non-hydrogen) atoms. The van der Waals surface area contributed by atoms with E-state index in [4.69, 9.17) is 0 Å². The van der Waals surface area contributed by atoms with Crippen LogP contribution in [0, 0.1) is 5.92 Å². The number of rotatable bonds is 5. The number of alkyl halides is 3. The van der Waals surface area contributed by atoms with E-state index in [0.717, 1.165) is 12.1 Å². The Labute approximate surface area is 155 Å². The Morgan fingerprint density at radius 1 is 0.889 bits per heavy atom. The fourth-order valence-electron chi connectivity index (χ4n) is 2.36. The van der Waals surface area contributed by atoms with Crippen LogP contribution < -0.4 is 16.0 Å². The van der Waals surface area contributed by atoms with E-state index in [1.165, 1.54) is 12.1 Å². The molecule has 8 heteroatoms. The van der Waals surface area contributed by atoms with E-state index in [0.29, 0.717) is 5.69 Å². The van der Waals surface area contributed by atoms with Crippen molar-refractivity contribution in [3.63, 3.8) is 0 Å². The fourth-order valence-corrected chi connectivity index (χ4v) is 2.36. The van der Waals surface area contributed by atoms with Gasteiger partial charge in [0.2, 0.25) is 5.91 Å². The van der Waals surface area contributed by atoms with Crippen LogP contribution in [-0.2, 0) is 11.0 Å². The van der Waals surface area contributed by atoms with Crippen molar-refractivity contribution in [1.29, 1.82) is 0 Å². The second kappa shape index (κ2) is 8.57. The SMILES string of the molecule is CC(C)C(NC(=O)Nc1ccccc1)C(=O)Nc1cccc(C(F)(F)F)c1. The topological polar surface area (TPSA) is 70.2 Å². The number of benzene rings is 2. The largest absolute Gasteiger partial charge is 0.416 e. The minimum atomic E-state index is -4.51. The van der Waals surface area contributed by atoms with Gasteiger partial charge in [-0.15, -0.1) is 0 Å². The zero-order valence-corrected chi connectivity index (χ0v) is 14.8. The quantitative estimate of drug-likeness (QED) is 0.716. The average Bonchev–Trinajstić information content (AvgIpc) is 2.59. The molecule has 0 fully saturated rings. The molecule has 2 aromatic rings. The van der Waals surface area contributed by atoms with E-state index in [1.807, 2.05) is 0 Å². The Kier molecular flexibility index (Phi) is 6.44. The van der Waals surface area contributed by atoms with Gasteiger partial charge in [0.15, 0.2) is 0 Å². The van der Waals surface area contributed by atoms with Crippen molar-refractivity contribution in [3.05, 3.63) is 60.2 Å². The predicted molar refractivity (Wildman–Crippen MR) is 97.3 cm³/mol. The summed E-state index contributed by atoms with van der Waals surface area (Å²) in [5.74, 6) is -0.884. The van der Waals surface area contributed by atoms with Gasteiger partial charge in [0.1, 0.15) is 6.04 Å². The minimum absolute atomic E-state index is 0.00532. The van der Waals surface area contributed by atoms with Crippen LogP contribution in [-0.4, -0.2) is 18.0 Å². The lowest BCUT2D eigenvalue weighted by Gasteiger charge is -2.22. The Bertz CT molecular complexity index is 792. The maximum absolute atomic E-state index is 12.8. The van der Waals surface area contributed by atoms with Crippen LogP contribution in [0.4, 0.5) is 29.3 Å². The lowest BCUT2D eigenvalue weighted by molar-refractivity contribution is -0.137. The van der Waals surface area contributed by atoms with Gasteiger partial charge < -0.3 is 16.0 Å². The van der Waals surface area contributed by atoms with Gasteiger partial charge >= 0.3 is 12.2 Å². The van der Waals surface area contributed by atoms with Gasteiger partial charge in [-0.25, -0.2) is 4.79 Å². The summed E-state index contributed by atoms with van der Waals surface area (Å²) in [5, 5.41) is 7.57. The predicted octanol–water partition coefficient (Wildman–Crippen LogP) is 4.49.